The minimum Gasteiger partial charge on any atom is -0.495 e. The molecule has 1 aliphatic heterocycles. The van der Waals surface area contributed by atoms with Gasteiger partial charge >= 0.3 is 0 Å². The van der Waals surface area contributed by atoms with Crippen molar-refractivity contribution in [3.05, 3.63) is 78.1 Å². The molecule has 0 aromatic heterocycles. The molecule has 2 N–H and O–H groups in total. The zero-order chi connectivity index (χ0) is 22.0. The van der Waals surface area contributed by atoms with Crippen molar-refractivity contribution in [1.82, 2.24) is 0 Å². The predicted octanol–water partition coefficient (Wildman–Crippen LogP) is 4.29. The van der Waals surface area contributed by atoms with Crippen LogP contribution in [0.15, 0.2) is 76.5 Å². The lowest BCUT2D eigenvalue weighted by Crippen LogP contribution is -2.24. The normalized spacial score (nSPS) is 15.2. The second-order valence-corrected chi connectivity index (χ2v) is 9.81. The van der Waals surface area contributed by atoms with Crippen molar-refractivity contribution in [1.29, 1.82) is 0 Å². The van der Waals surface area contributed by atoms with Crippen LogP contribution in [0.25, 0.3) is 0 Å². The summed E-state index contributed by atoms with van der Waals surface area (Å²) < 4.78 is 46.2. The number of halogens is 1. The largest absolute Gasteiger partial charge is 0.495 e. The zero-order valence-corrected chi connectivity index (χ0v) is 18.1. The van der Waals surface area contributed by atoms with Gasteiger partial charge in [0.2, 0.25) is 5.91 Å². The number of rotatable bonds is 6. The molecular formula is C22H19FN2O4S2. The van der Waals surface area contributed by atoms with E-state index in [1.165, 1.54) is 37.1 Å². The van der Waals surface area contributed by atoms with Crippen LogP contribution in [-0.4, -0.2) is 26.7 Å². The number of anilines is 2. The van der Waals surface area contributed by atoms with Crippen molar-refractivity contribution in [2.24, 2.45) is 0 Å². The van der Waals surface area contributed by atoms with Crippen LogP contribution in [0.3, 0.4) is 0 Å². The van der Waals surface area contributed by atoms with Gasteiger partial charge in [0.15, 0.2) is 0 Å². The van der Waals surface area contributed by atoms with Crippen molar-refractivity contribution in [2.45, 2.75) is 21.5 Å². The van der Waals surface area contributed by atoms with Crippen LogP contribution in [0, 0.1) is 5.82 Å². The zero-order valence-electron chi connectivity index (χ0n) is 16.5. The third kappa shape index (κ3) is 4.67. The Morgan fingerprint density at radius 2 is 1.84 bits per heavy atom. The maximum Gasteiger partial charge on any atom is 0.262 e. The fourth-order valence-electron chi connectivity index (χ4n) is 3.23. The van der Waals surface area contributed by atoms with E-state index in [-0.39, 0.29) is 27.5 Å². The molecule has 1 amide bonds. The van der Waals surface area contributed by atoms with E-state index in [0.29, 0.717) is 12.1 Å². The molecule has 1 heterocycles. The molecule has 3 aromatic carbocycles. The summed E-state index contributed by atoms with van der Waals surface area (Å²) in [5.41, 5.74) is 1.72. The summed E-state index contributed by atoms with van der Waals surface area (Å²) in [7, 11) is -2.56. The summed E-state index contributed by atoms with van der Waals surface area (Å²) in [5, 5.41) is 2.58. The van der Waals surface area contributed by atoms with Crippen molar-refractivity contribution in [3.63, 3.8) is 0 Å². The van der Waals surface area contributed by atoms with Gasteiger partial charge in [-0.3, -0.25) is 9.52 Å². The number of amides is 1. The fraction of sp³-hybridized carbons (Fsp3) is 0.136. The molecule has 3 aromatic rings. The molecular weight excluding hydrogens is 439 g/mol. The molecule has 1 aliphatic rings. The van der Waals surface area contributed by atoms with Gasteiger partial charge in [0.25, 0.3) is 10.0 Å². The Kier molecular flexibility index (Phi) is 5.88. The smallest absolute Gasteiger partial charge is 0.262 e. The SMILES string of the molecule is COc1ccc(NC(=O)C2Cc3ccccc3S2)cc1NS(=O)(=O)c1ccc(F)cc1. The van der Waals surface area contributed by atoms with Crippen molar-refractivity contribution in [3.8, 4) is 5.75 Å². The van der Waals surface area contributed by atoms with Gasteiger partial charge in [0.05, 0.1) is 22.9 Å². The molecule has 0 radical (unpaired) electrons. The summed E-state index contributed by atoms with van der Waals surface area (Å²) >= 11 is 1.50. The highest BCUT2D eigenvalue weighted by Crippen LogP contribution is 2.37. The van der Waals surface area contributed by atoms with Crippen LogP contribution in [0.5, 0.6) is 5.75 Å². The van der Waals surface area contributed by atoms with Crippen molar-refractivity contribution >= 4 is 39.1 Å². The number of fused-ring (bicyclic) bond motifs is 1. The third-order valence-electron chi connectivity index (χ3n) is 4.77. The monoisotopic (exact) mass is 458 g/mol. The summed E-state index contributed by atoms with van der Waals surface area (Å²) in [5.74, 6) is -0.418. The molecule has 0 bridgehead atoms. The molecule has 0 fully saturated rings. The highest BCUT2D eigenvalue weighted by molar-refractivity contribution is 8.01. The number of hydrogen-bond donors (Lipinski definition) is 2. The van der Waals surface area contributed by atoms with Crippen LogP contribution >= 0.6 is 11.8 Å². The van der Waals surface area contributed by atoms with Gasteiger partial charge in [-0.05, 0) is 60.5 Å². The van der Waals surface area contributed by atoms with Gasteiger partial charge < -0.3 is 10.1 Å². The molecule has 9 heteroatoms. The van der Waals surface area contributed by atoms with E-state index in [9.17, 15) is 17.6 Å². The quantitative estimate of drug-likeness (QED) is 0.576. The molecule has 160 valence electrons. The van der Waals surface area contributed by atoms with Crippen molar-refractivity contribution < 1.29 is 22.3 Å². The van der Waals surface area contributed by atoms with Gasteiger partial charge in [-0.2, -0.15) is 0 Å². The Bertz CT molecular complexity index is 1210. The van der Waals surface area contributed by atoms with Gasteiger partial charge in [-0.15, -0.1) is 11.8 Å². The van der Waals surface area contributed by atoms with Gasteiger partial charge in [0.1, 0.15) is 11.6 Å². The average molecular weight is 459 g/mol. The summed E-state index contributed by atoms with van der Waals surface area (Å²) in [6.07, 6.45) is 0.632. The number of sulfonamides is 1. The molecule has 1 atom stereocenters. The van der Waals surface area contributed by atoms with Gasteiger partial charge in [0, 0.05) is 10.6 Å². The summed E-state index contributed by atoms with van der Waals surface area (Å²) in [6, 6.07) is 17.1. The number of nitrogens with one attached hydrogen (secondary N) is 2. The highest BCUT2D eigenvalue weighted by Gasteiger charge is 2.28. The average Bonchev–Trinajstić information content (AvgIpc) is 3.18. The number of carbonyl (C=O) groups excluding carboxylic acids is 1. The summed E-state index contributed by atoms with van der Waals surface area (Å²) in [6.45, 7) is 0. The lowest BCUT2D eigenvalue weighted by molar-refractivity contribution is -0.115. The Labute approximate surface area is 183 Å². The number of benzene rings is 3. The Hall–Kier alpha value is -3.04. The van der Waals surface area contributed by atoms with E-state index < -0.39 is 15.8 Å². The van der Waals surface area contributed by atoms with Crippen LogP contribution in [0.2, 0.25) is 0 Å². The Balaban J connectivity index is 1.52. The number of hydrogen-bond acceptors (Lipinski definition) is 5. The molecule has 0 saturated heterocycles. The highest BCUT2D eigenvalue weighted by atomic mass is 32.2. The third-order valence-corrected chi connectivity index (χ3v) is 7.47. The minimum absolute atomic E-state index is 0.0921. The lowest BCUT2D eigenvalue weighted by atomic mass is 10.1. The number of thioether (sulfide) groups is 1. The maximum absolute atomic E-state index is 13.1. The van der Waals surface area contributed by atoms with E-state index in [1.54, 1.807) is 12.1 Å². The molecule has 0 spiro atoms. The standard InChI is InChI=1S/C22H19FN2O4S2/c1-29-19-11-8-16(24-22(26)21-12-14-4-2-3-5-20(14)30-21)13-18(19)25-31(27,28)17-9-6-15(23)7-10-17/h2-11,13,21,25H,12H2,1H3,(H,24,26). The fourth-order valence-corrected chi connectivity index (χ4v) is 5.49. The minimum atomic E-state index is -3.97. The summed E-state index contributed by atoms with van der Waals surface area (Å²) in [4.78, 5) is 13.7. The first-order valence-corrected chi connectivity index (χ1v) is 11.7. The second kappa shape index (κ2) is 8.60. The first-order chi connectivity index (χ1) is 14.9. The maximum atomic E-state index is 13.1. The van der Waals surface area contributed by atoms with Crippen molar-refractivity contribution in [2.75, 3.05) is 17.1 Å². The molecule has 6 nitrogen and oxygen atoms in total. The molecule has 31 heavy (non-hydrogen) atoms. The predicted molar refractivity (Wildman–Crippen MR) is 119 cm³/mol. The van der Waals surface area contributed by atoms with E-state index in [4.69, 9.17) is 4.74 Å². The number of methoxy groups -OCH3 is 1. The molecule has 0 aliphatic carbocycles. The van der Waals surface area contributed by atoms with Crippen LogP contribution in [-0.2, 0) is 21.2 Å². The Morgan fingerprint density at radius 1 is 1.10 bits per heavy atom. The van der Waals surface area contributed by atoms with Crippen LogP contribution in [0.4, 0.5) is 15.8 Å². The van der Waals surface area contributed by atoms with E-state index in [1.807, 2.05) is 24.3 Å². The first kappa shape index (κ1) is 21.2. The Morgan fingerprint density at radius 3 is 2.55 bits per heavy atom. The van der Waals surface area contributed by atoms with Gasteiger partial charge in [-0.25, -0.2) is 12.8 Å². The molecule has 1 unspecified atom stereocenters. The van der Waals surface area contributed by atoms with Gasteiger partial charge in [-0.1, -0.05) is 18.2 Å². The molecule has 4 rings (SSSR count). The van der Waals surface area contributed by atoms with E-state index in [0.717, 1.165) is 22.6 Å². The second-order valence-electron chi connectivity index (χ2n) is 6.88. The van der Waals surface area contributed by atoms with Crippen LogP contribution in [0.1, 0.15) is 5.56 Å². The lowest BCUT2D eigenvalue weighted by Gasteiger charge is -2.15. The first-order valence-electron chi connectivity index (χ1n) is 9.37. The topological polar surface area (TPSA) is 84.5 Å². The molecule has 0 saturated carbocycles. The van der Waals surface area contributed by atoms with Crippen LogP contribution < -0.4 is 14.8 Å². The number of carbonyl (C=O) groups is 1. The van der Waals surface area contributed by atoms with E-state index in [2.05, 4.69) is 10.0 Å². The number of ether oxygens (including phenoxy) is 1. The van der Waals surface area contributed by atoms with E-state index >= 15 is 0 Å².